The molecule has 0 saturated carbocycles. The molecule has 0 N–H and O–H groups in total. The Morgan fingerprint density at radius 3 is 2.92 bits per heavy atom. The van der Waals surface area contributed by atoms with E-state index >= 15 is 0 Å². The van der Waals surface area contributed by atoms with E-state index in [2.05, 4.69) is 9.97 Å². The van der Waals surface area contributed by atoms with Gasteiger partial charge in [0.1, 0.15) is 6.33 Å². The van der Waals surface area contributed by atoms with Crippen molar-refractivity contribution in [1.82, 2.24) is 12.7 Å². The number of hydrogen-bond acceptors (Lipinski definition) is 2. The zero-order valence-corrected chi connectivity index (χ0v) is 8.41. The van der Waals surface area contributed by atoms with Crippen molar-refractivity contribution in [2.45, 2.75) is 6.92 Å². The maximum absolute atomic E-state index is 13.2. The second-order valence-corrected chi connectivity index (χ2v) is 3.49. The van der Waals surface area contributed by atoms with Crippen molar-refractivity contribution < 1.29 is 4.39 Å². The van der Waals surface area contributed by atoms with Crippen LogP contribution in [-0.2, 0) is 0 Å². The summed E-state index contributed by atoms with van der Waals surface area (Å²) < 4.78 is 14.8. The molecular weight excluding hydrogens is 272 g/mol. The molecule has 12 heavy (non-hydrogen) atoms. The highest BCUT2D eigenvalue weighted by atomic mass is 127. The van der Waals surface area contributed by atoms with Crippen molar-refractivity contribution in [1.29, 1.82) is 0 Å². The van der Waals surface area contributed by atoms with Crippen molar-refractivity contribution in [3.05, 3.63) is 24.0 Å². The van der Waals surface area contributed by atoms with E-state index in [-0.39, 0.29) is 5.82 Å². The van der Waals surface area contributed by atoms with Crippen LogP contribution in [0.15, 0.2) is 12.5 Å². The second-order valence-electron chi connectivity index (χ2n) is 2.45. The molecule has 62 valence electrons. The summed E-state index contributed by atoms with van der Waals surface area (Å²) in [5, 5.41) is 0.506. The van der Waals surface area contributed by atoms with E-state index in [0.29, 0.717) is 16.7 Å². The molecule has 0 unspecified atom stereocenters. The quantitative estimate of drug-likeness (QED) is 0.690. The highest BCUT2D eigenvalue weighted by Crippen LogP contribution is 2.21. The normalized spacial score (nSPS) is 10.9. The molecule has 2 aromatic rings. The molecule has 2 aromatic heterocycles. The Morgan fingerprint density at radius 1 is 1.50 bits per heavy atom. The number of nitrogens with zero attached hydrogens (tertiary/aromatic N) is 3. The van der Waals surface area contributed by atoms with E-state index in [0.717, 1.165) is 0 Å². The first-order valence-electron chi connectivity index (χ1n) is 3.34. The standard InChI is InChI=1S/C7H5FIN3/c1-4-6-5(8)2-12(9)7(6)11-3-10-4/h2-3H,1H3. The Balaban J connectivity index is 2.99. The van der Waals surface area contributed by atoms with Crippen LogP contribution in [0.2, 0.25) is 0 Å². The van der Waals surface area contributed by atoms with E-state index in [9.17, 15) is 4.39 Å². The third kappa shape index (κ3) is 0.996. The minimum atomic E-state index is -0.266. The zero-order chi connectivity index (χ0) is 8.72. The maximum Gasteiger partial charge on any atom is 0.155 e. The number of hydrogen-bond donors (Lipinski definition) is 0. The Kier molecular flexibility index (Phi) is 1.75. The summed E-state index contributed by atoms with van der Waals surface area (Å²) in [6.45, 7) is 1.77. The van der Waals surface area contributed by atoms with Gasteiger partial charge in [0.25, 0.3) is 0 Å². The first kappa shape index (κ1) is 7.90. The van der Waals surface area contributed by atoms with Gasteiger partial charge in [-0.05, 0) is 6.92 Å². The van der Waals surface area contributed by atoms with Crippen LogP contribution in [0.25, 0.3) is 11.0 Å². The zero-order valence-electron chi connectivity index (χ0n) is 6.25. The lowest BCUT2D eigenvalue weighted by Gasteiger charge is -1.93. The molecule has 0 fully saturated rings. The molecule has 0 spiro atoms. The van der Waals surface area contributed by atoms with Crippen molar-refractivity contribution in [2.75, 3.05) is 0 Å². The van der Waals surface area contributed by atoms with Gasteiger partial charge in [-0.3, -0.25) is 2.78 Å². The van der Waals surface area contributed by atoms with Gasteiger partial charge in [0.2, 0.25) is 0 Å². The minimum absolute atomic E-state index is 0.266. The lowest BCUT2D eigenvalue weighted by atomic mass is 10.3. The first-order chi connectivity index (χ1) is 5.70. The molecule has 2 heterocycles. The monoisotopic (exact) mass is 277 g/mol. The van der Waals surface area contributed by atoms with Crippen molar-refractivity contribution in [3.63, 3.8) is 0 Å². The fraction of sp³-hybridized carbons (Fsp3) is 0.143. The highest BCUT2D eigenvalue weighted by Gasteiger charge is 2.10. The smallest absolute Gasteiger partial charge is 0.155 e. The van der Waals surface area contributed by atoms with Gasteiger partial charge in [-0.2, -0.15) is 0 Å². The second kappa shape index (κ2) is 2.65. The molecule has 0 amide bonds. The van der Waals surface area contributed by atoms with Crippen LogP contribution in [0.4, 0.5) is 4.39 Å². The summed E-state index contributed by atoms with van der Waals surface area (Å²) in [6, 6.07) is 0. The minimum Gasteiger partial charge on any atom is -0.270 e. The molecule has 2 rings (SSSR count). The predicted octanol–water partition coefficient (Wildman–Crippen LogP) is 2.08. The largest absolute Gasteiger partial charge is 0.270 e. The summed E-state index contributed by atoms with van der Waals surface area (Å²) in [6.07, 6.45) is 2.83. The average Bonchev–Trinajstić information content (AvgIpc) is 2.29. The molecule has 0 bridgehead atoms. The molecule has 0 aliphatic carbocycles. The van der Waals surface area contributed by atoms with Crippen LogP contribution in [0.1, 0.15) is 5.69 Å². The van der Waals surface area contributed by atoms with Crippen LogP contribution in [-0.4, -0.2) is 12.7 Å². The molecule has 0 atom stereocenters. The van der Waals surface area contributed by atoms with Crippen LogP contribution in [0.3, 0.4) is 0 Å². The number of fused-ring (bicyclic) bond motifs is 1. The number of halogens is 2. The Hall–Kier alpha value is -0.720. The van der Waals surface area contributed by atoms with Gasteiger partial charge >= 0.3 is 0 Å². The molecule has 0 aliphatic rings. The SMILES string of the molecule is Cc1ncnc2c1c(F)cn2I. The van der Waals surface area contributed by atoms with Crippen molar-refractivity contribution in [3.8, 4) is 0 Å². The Morgan fingerprint density at radius 2 is 2.25 bits per heavy atom. The summed E-state index contributed by atoms with van der Waals surface area (Å²) in [5.74, 6) is -0.266. The molecule has 0 aliphatic heterocycles. The Labute approximate surface area is 82.1 Å². The fourth-order valence-electron chi connectivity index (χ4n) is 1.13. The predicted molar refractivity (Wildman–Crippen MR) is 51.6 cm³/mol. The highest BCUT2D eigenvalue weighted by molar-refractivity contribution is 14.1. The third-order valence-electron chi connectivity index (χ3n) is 1.68. The van der Waals surface area contributed by atoms with E-state index in [1.807, 2.05) is 22.9 Å². The lowest BCUT2D eigenvalue weighted by Crippen LogP contribution is -1.87. The maximum atomic E-state index is 13.2. The number of aryl methyl sites for hydroxylation is 1. The van der Waals surface area contributed by atoms with E-state index in [1.54, 1.807) is 9.70 Å². The summed E-state index contributed by atoms with van der Waals surface area (Å²) in [4.78, 5) is 7.88. The van der Waals surface area contributed by atoms with E-state index in [4.69, 9.17) is 0 Å². The van der Waals surface area contributed by atoms with Gasteiger partial charge in [-0.25, -0.2) is 14.4 Å². The van der Waals surface area contributed by atoms with Gasteiger partial charge in [0, 0.05) is 0 Å². The average molecular weight is 277 g/mol. The van der Waals surface area contributed by atoms with E-state index < -0.39 is 0 Å². The van der Waals surface area contributed by atoms with Crippen LogP contribution in [0.5, 0.6) is 0 Å². The summed E-state index contributed by atoms with van der Waals surface area (Å²) >= 11 is 1.98. The molecule has 5 heteroatoms. The Bertz CT molecular complexity index is 437. The van der Waals surface area contributed by atoms with Crippen molar-refractivity contribution in [2.24, 2.45) is 0 Å². The first-order valence-corrected chi connectivity index (χ1v) is 4.31. The molecule has 0 saturated heterocycles. The summed E-state index contributed by atoms with van der Waals surface area (Å²) in [7, 11) is 0. The van der Waals surface area contributed by atoms with Gasteiger partial charge in [0.05, 0.1) is 40.1 Å². The third-order valence-corrected chi connectivity index (χ3v) is 2.42. The van der Waals surface area contributed by atoms with Gasteiger partial charge in [-0.1, -0.05) is 0 Å². The number of aromatic nitrogens is 3. The van der Waals surface area contributed by atoms with Crippen LogP contribution >= 0.6 is 22.9 Å². The van der Waals surface area contributed by atoms with Gasteiger partial charge in [0.15, 0.2) is 11.5 Å². The molecular formula is C7H5FIN3. The van der Waals surface area contributed by atoms with E-state index in [1.165, 1.54) is 12.5 Å². The van der Waals surface area contributed by atoms with Crippen LogP contribution in [0, 0.1) is 12.7 Å². The number of rotatable bonds is 0. The van der Waals surface area contributed by atoms with Gasteiger partial charge in [-0.15, -0.1) is 0 Å². The fourth-order valence-corrected chi connectivity index (χ4v) is 1.74. The summed E-state index contributed by atoms with van der Waals surface area (Å²) in [5.41, 5.74) is 1.30. The molecule has 3 nitrogen and oxygen atoms in total. The lowest BCUT2D eigenvalue weighted by molar-refractivity contribution is 0.638. The molecule has 0 radical (unpaired) electrons. The topological polar surface area (TPSA) is 30.7 Å². The van der Waals surface area contributed by atoms with Crippen molar-refractivity contribution >= 4 is 33.9 Å². The van der Waals surface area contributed by atoms with Crippen LogP contribution < -0.4 is 0 Å². The van der Waals surface area contributed by atoms with Gasteiger partial charge < -0.3 is 0 Å². The molecule has 0 aromatic carbocycles.